The van der Waals surface area contributed by atoms with Crippen LogP contribution >= 0.6 is 0 Å². The molecule has 0 saturated carbocycles. The molecule has 160 valence electrons. The van der Waals surface area contributed by atoms with E-state index < -0.39 is 5.82 Å². The Kier molecular flexibility index (Phi) is 4.32. The molecule has 6 rings (SSSR count). The molecule has 5 heterocycles. The fourth-order valence-corrected chi connectivity index (χ4v) is 3.84. The SMILES string of the molecule is COc1cc(F)cc(-c2cncc3[nH]c(-c4n[nH]c5cnc(-c6ccccn6)cc45)nc23)c1. The molecule has 0 atom stereocenters. The lowest BCUT2D eigenvalue weighted by molar-refractivity contribution is 0.411. The number of H-pyrrole nitrogens is 2. The number of aromatic nitrogens is 7. The number of ether oxygens (including phenoxy) is 1. The number of nitrogens with one attached hydrogen (secondary N) is 2. The molecule has 0 spiro atoms. The predicted octanol–water partition coefficient (Wildman–Crippen LogP) is 4.77. The van der Waals surface area contributed by atoms with Crippen molar-refractivity contribution in [1.29, 1.82) is 0 Å². The van der Waals surface area contributed by atoms with E-state index in [4.69, 9.17) is 9.72 Å². The fourth-order valence-electron chi connectivity index (χ4n) is 3.84. The first-order valence-corrected chi connectivity index (χ1v) is 10.1. The van der Waals surface area contributed by atoms with Gasteiger partial charge in [0.2, 0.25) is 0 Å². The number of hydrogen-bond donors (Lipinski definition) is 2. The molecular weight excluding hydrogens is 421 g/mol. The van der Waals surface area contributed by atoms with Gasteiger partial charge in [-0.1, -0.05) is 6.07 Å². The van der Waals surface area contributed by atoms with Crippen LogP contribution in [0.15, 0.2) is 67.3 Å². The number of pyridine rings is 3. The highest BCUT2D eigenvalue weighted by Crippen LogP contribution is 2.33. The van der Waals surface area contributed by atoms with Crippen molar-refractivity contribution in [2.24, 2.45) is 0 Å². The Hall–Kier alpha value is -4.66. The van der Waals surface area contributed by atoms with Crippen LogP contribution in [0.3, 0.4) is 0 Å². The van der Waals surface area contributed by atoms with Crippen LogP contribution < -0.4 is 4.74 Å². The number of benzene rings is 1. The Morgan fingerprint density at radius 2 is 1.88 bits per heavy atom. The van der Waals surface area contributed by atoms with Gasteiger partial charge in [0.1, 0.15) is 17.3 Å². The molecule has 0 unspecified atom stereocenters. The lowest BCUT2D eigenvalue weighted by Crippen LogP contribution is -1.89. The summed E-state index contributed by atoms with van der Waals surface area (Å²) >= 11 is 0. The molecule has 0 bridgehead atoms. The van der Waals surface area contributed by atoms with Crippen LogP contribution in [0, 0.1) is 5.82 Å². The number of hydrogen-bond acceptors (Lipinski definition) is 6. The molecular formula is C24H16FN7O. The van der Waals surface area contributed by atoms with Gasteiger partial charge in [0.25, 0.3) is 0 Å². The van der Waals surface area contributed by atoms with E-state index >= 15 is 0 Å². The summed E-state index contributed by atoms with van der Waals surface area (Å²) in [7, 11) is 1.50. The second kappa shape index (κ2) is 7.49. The summed E-state index contributed by atoms with van der Waals surface area (Å²) in [5.74, 6) is 0.586. The summed E-state index contributed by atoms with van der Waals surface area (Å²) < 4.78 is 19.3. The number of methoxy groups -OCH3 is 1. The molecule has 0 aliphatic carbocycles. The van der Waals surface area contributed by atoms with Gasteiger partial charge < -0.3 is 9.72 Å². The summed E-state index contributed by atoms with van der Waals surface area (Å²) in [6.07, 6.45) is 6.80. The van der Waals surface area contributed by atoms with Crippen molar-refractivity contribution in [1.82, 2.24) is 35.1 Å². The first-order chi connectivity index (χ1) is 16.2. The Bertz CT molecular complexity index is 1620. The van der Waals surface area contributed by atoms with Gasteiger partial charge in [-0.15, -0.1) is 0 Å². The van der Waals surface area contributed by atoms with Crippen molar-refractivity contribution in [3.8, 4) is 39.8 Å². The smallest absolute Gasteiger partial charge is 0.159 e. The third-order valence-corrected chi connectivity index (χ3v) is 5.41. The van der Waals surface area contributed by atoms with E-state index in [1.165, 1.54) is 19.2 Å². The van der Waals surface area contributed by atoms with Crippen LogP contribution in [-0.2, 0) is 0 Å². The third-order valence-electron chi connectivity index (χ3n) is 5.41. The van der Waals surface area contributed by atoms with Crippen LogP contribution in [0.2, 0.25) is 0 Å². The van der Waals surface area contributed by atoms with Crippen LogP contribution in [0.1, 0.15) is 0 Å². The molecule has 0 fully saturated rings. The quantitative estimate of drug-likeness (QED) is 0.411. The topological polar surface area (TPSA) is 105 Å². The van der Waals surface area contributed by atoms with Crippen molar-refractivity contribution in [3.63, 3.8) is 0 Å². The maximum atomic E-state index is 14.1. The van der Waals surface area contributed by atoms with Gasteiger partial charge in [-0.3, -0.25) is 20.1 Å². The van der Waals surface area contributed by atoms with E-state index in [2.05, 4.69) is 30.1 Å². The number of fused-ring (bicyclic) bond motifs is 2. The van der Waals surface area contributed by atoms with E-state index in [9.17, 15) is 4.39 Å². The Labute approximate surface area is 186 Å². The maximum Gasteiger partial charge on any atom is 0.159 e. The van der Waals surface area contributed by atoms with Crippen molar-refractivity contribution >= 4 is 21.9 Å². The highest BCUT2D eigenvalue weighted by molar-refractivity contribution is 5.97. The minimum absolute atomic E-state index is 0.398. The Morgan fingerprint density at radius 1 is 0.939 bits per heavy atom. The molecule has 0 aliphatic rings. The lowest BCUT2D eigenvalue weighted by Gasteiger charge is -2.06. The Balaban J connectivity index is 1.50. The van der Waals surface area contributed by atoms with E-state index in [-0.39, 0.29) is 0 Å². The lowest BCUT2D eigenvalue weighted by atomic mass is 10.1. The minimum Gasteiger partial charge on any atom is -0.497 e. The molecule has 0 aliphatic heterocycles. The highest BCUT2D eigenvalue weighted by atomic mass is 19.1. The zero-order valence-corrected chi connectivity index (χ0v) is 17.4. The molecule has 0 amide bonds. The average molecular weight is 437 g/mol. The van der Waals surface area contributed by atoms with Gasteiger partial charge in [-0.2, -0.15) is 5.10 Å². The summed E-state index contributed by atoms with van der Waals surface area (Å²) in [5, 5.41) is 8.32. The van der Waals surface area contributed by atoms with Crippen LogP contribution in [0.5, 0.6) is 5.75 Å². The minimum atomic E-state index is -0.398. The summed E-state index contributed by atoms with van der Waals surface area (Å²) in [4.78, 5) is 21.2. The van der Waals surface area contributed by atoms with Crippen molar-refractivity contribution in [3.05, 3.63) is 73.1 Å². The molecule has 0 saturated heterocycles. The molecule has 33 heavy (non-hydrogen) atoms. The molecule has 2 N–H and O–H groups in total. The number of halogens is 1. The normalized spacial score (nSPS) is 11.3. The van der Waals surface area contributed by atoms with Crippen molar-refractivity contribution in [2.75, 3.05) is 7.11 Å². The first kappa shape index (κ1) is 19.1. The molecule has 9 heteroatoms. The number of imidazole rings is 1. The second-order valence-corrected chi connectivity index (χ2v) is 7.45. The molecule has 6 aromatic rings. The molecule has 0 radical (unpaired) electrons. The monoisotopic (exact) mass is 437 g/mol. The van der Waals surface area contributed by atoms with Gasteiger partial charge >= 0.3 is 0 Å². The van der Waals surface area contributed by atoms with Gasteiger partial charge in [-0.05, 0) is 35.9 Å². The number of nitrogens with zero attached hydrogens (tertiary/aromatic N) is 5. The summed E-state index contributed by atoms with van der Waals surface area (Å²) in [6.45, 7) is 0. The van der Waals surface area contributed by atoms with Crippen LogP contribution in [0.4, 0.5) is 4.39 Å². The average Bonchev–Trinajstić information content (AvgIpc) is 3.47. The third kappa shape index (κ3) is 3.26. The molecule has 5 aromatic heterocycles. The summed E-state index contributed by atoms with van der Waals surface area (Å²) in [5.41, 5.74) is 5.59. The van der Waals surface area contributed by atoms with Gasteiger partial charge in [0, 0.05) is 29.4 Å². The number of aromatic amines is 2. The van der Waals surface area contributed by atoms with Crippen LogP contribution in [0.25, 0.3) is 56.0 Å². The second-order valence-electron chi connectivity index (χ2n) is 7.45. The fraction of sp³-hybridized carbons (Fsp3) is 0.0417. The Morgan fingerprint density at radius 3 is 2.73 bits per heavy atom. The van der Waals surface area contributed by atoms with Gasteiger partial charge in [-0.25, -0.2) is 9.37 Å². The van der Waals surface area contributed by atoms with E-state index in [0.717, 1.165) is 22.3 Å². The van der Waals surface area contributed by atoms with E-state index in [1.807, 2.05) is 24.3 Å². The maximum absolute atomic E-state index is 14.1. The van der Waals surface area contributed by atoms with Gasteiger partial charge in [0.15, 0.2) is 5.82 Å². The van der Waals surface area contributed by atoms with Crippen molar-refractivity contribution in [2.45, 2.75) is 0 Å². The summed E-state index contributed by atoms with van der Waals surface area (Å²) in [6, 6.07) is 12.1. The van der Waals surface area contributed by atoms with Crippen LogP contribution in [-0.4, -0.2) is 42.2 Å². The van der Waals surface area contributed by atoms with E-state index in [1.54, 1.807) is 30.9 Å². The standard InChI is InChI=1S/C24H16FN7O/c1-33-15-7-13(6-14(25)8-15)17-10-26-11-21-22(17)30-24(29-21)23-16-9-19(18-4-2-3-5-27-18)28-12-20(16)31-32-23/h2-12H,1H3,(H,29,30)(H,31,32). The zero-order chi connectivity index (χ0) is 22.4. The van der Waals surface area contributed by atoms with Gasteiger partial charge in [0.05, 0.1) is 47.4 Å². The first-order valence-electron chi connectivity index (χ1n) is 10.1. The zero-order valence-electron chi connectivity index (χ0n) is 17.4. The highest BCUT2D eigenvalue weighted by Gasteiger charge is 2.17. The molecule has 1 aromatic carbocycles. The van der Waals surface area contributed by atoms with Crippen molar-refractivity contribution < 1.29 is 9.13 Å². The largest absolute Gasteiger partial charge is 0.497 e. The molecule has 8 nitrogen and oxygen atoms in total. The van der Waals surface area contributed by atoms with E-state index in [0.29, 0.717) is 39.4 Å². The number of rotatable bonds is 4. The predicted molar refractivity (Wildman–Crippen MR) is 122 cm³/mol.